The smallest absolute Gasteiger partial charge is 0.481 e. The van der Waals surface area contributed by atoms with Crippen molar-refractivity contribution in [3.8, 4) is 11.1 Å². The molecule has 2 atom stereocenters. The van der Waals surface area contributed by atoms with E-state index in [0.29, 0.717) is 12.8 Å². The van der Waals surface area contributed by atoms with Gasteiger partial charge in [-0.05, 0) is 69.5 Å². The topological polar surface area (TPSA) is 83.8 Å². The third-order valence-electron chi connectivity index (χ3n) is 5.09. The third-order valence-corrected chi connectivity index (χ3v) is 6.28. The normalized spacial score (nSPS) is 12.7. The molecule has 0 saturated carbocycles. The van der Waals surface area contributed by atoms with Gasteiger partial charge in [-0.1, -0.05) is 42.5 Å². The Morgan fingerprint density at radius 1 is 1.16 bits per heavy atom. The summed E-state index contributed by atoms with van der Waals surface area (Å²) in [6, 6.07) is 16.6. The Balaban J connectivity index is 1.75. The number of carbonyl (C=O) groups is 1. The molecular weight excluding hydrogens is 418 g/mol. The molecule has 162 valence electrons. The molecule has 0 spiro atoms. The van der Waals surface area contributed by atoms with Gasteiger partial charge in [0.15, 0.2) is 0 Å². The molecule has 0 aliphatic heterocycles. The van der Waals surface area contributed by atoms with Gasteiger partial charge in [0.2, 0.25) is 6.16 Å². The molecule has 0 saturated heterocycles. The average molecular weight is 443 g/mol. The predicted molar refractivity (Wildman–Crippen MR) is 119 cm³/mol. The largest absolute Gasteiger partial charge is 0.510 e. The zero-order valence-electron chi connectivity index (χ0n) is 17.3. The zero-order chi connectivity index (χ0) is 22.4. The molecule has 3 aromatic rings. The van der Waals surface area contributed by atoms with Crippen molar-refractivity contribution in [2.24, 2.45) is 0 Å². The van der Waals surface area contributed by atoms with Crippen LogP contribution in [0.25, 0.3) is 21.9 Å². The van der Waals surface area contributed by atoms with Crippen LogP contribution in [0.2, 0.25) is 0 Å². The first-order valence-electron chi connectivity index (χ1n) is 10.1. The average Bonchev–Trinajstić information content (AvgIpc) is 2.71. The van der Waals surface area contributed by atoms with Crippen molar-refractivity contribution >= 4 is 24.8 Å². The Hall–Kier alpha value is -2.66. The highest BCUT2D eigenvalue weighted by atomic mass is 31.1. The minimum Gasteiger partial charge on any atom is -0.481 e. The van der Waals surface area contributed by atoms with Gasteiger partial charge in [0.05, 0.1) is 6.42 Å². The highest BCUT2D eigenvalue weighted by Crippen LogP contribution is 2.35. The summed E-state index contributed by atoms with van der Waals surface area (Å²) in [6.07, 6.45) is -0.568. The second-order valence-electron chi connectivity index (χ2n) is 7.48. The van der Waals surface area contributed by atoms with Gasteiger partial charge in [0.1, 0.15) is 18.5 Å². The molecule has 2 N–H and O–H groups in total. The van der Waals surface area contributed by atoms with Crippen LogP contribution in [0.5, 0.6) is 0 Å². The van der Waals surface area contributed by atoms with E-state index in [0.717, 1.165) is 33.0 Å². The van der Waals surface area contributed by atoms with E-state index in [1.807, 2.05) is 25.1 Å². The van der Waals surface area contributed by atoms with Crippen molar-refractivity contribution in [3.63, 3.8) is 0 Å². The standard InChI is InChI=1S/C24H24FO5P/c1-16-13-18-5-2-3-6-22(18)24(17-8-10-19(25)11-9-17)21(16)7-4-12-30-31(29)15-20(26)14-23(27)28/h2-3,5-6,8-11,13,20,26H,4,7,12,14-15H2,1H3/p+1. The van der Waals surface area contributed by atoms with E-state index in [9.17, 15) is 18.9 Å². The number of benzene rings is 3. The summed E-state index contributed by atoms with van der Waals surface area (Å²) in [5.74, 6) is -1.43. The number of hydrogen-bond acceptors (Lipinski definition) is 4. The van der Waals surface area contributed by atoms with Gasteiger partial charge in [-0.15, -0.1) is 4.52 Å². The van der Waals surface area contributed by atoms with Crippen molar-refractivity contribution in [2.45, 2.75) is 32.3 Å². The van der Waals surface area contributed by atoms with Crippen molar-refractivity contribution in [1.29, 1.82) is 0 Å². The number of aliphatic hydroxyl groups excluding tert-OH is 1. The van der Waals surface area contributed by atoms with Crippen molar-refractivity contribution < 1.29 is 28.5 Å². The number of carboxylic acids is 1. The van der Waals surface area contributed by atoms with Crippen LogP contribution < -0.4 is 0 Å². The van der Waals surface area contributed by atoms with E-state index in [1.165, 1.54) is 12.1 Å². The van der Waals surface area contributed by atoms with Gasteiger partial charge in [0.25, 0.3) is 0 Å². The molecule has 0 heterocycles. The maximum atomic E-state index is 13.5. The van der Waals surface area contributed by atoms with Gasteiger partial charge in [-0.2, -0.15) is 0 Å². The second-order valence-corrected chi connectivity index (χ2v) is 8.77. The fraction of sp³-hybridized carbons (Fsp3) is 0.292. The zero-order valence-corrected chi connectivity index (χ0v) is 18.1. The summed E-state index contributed by atoms with van der Waals surface area (Å²) in [4.78, 5) is 10.6. The molecule has 31 heavy (non-hydrogen) atoms. The third kappa shape index (κ3) is 6.17. The quantitative estimate of drug-likeness (QED) is 0.320. The molecule has 0 fully saturated rings. The summed E-state index contributed by atoms with van der Waals surface area (Å²) in [7, 11) is -2.13. The molecule has 3 rings (SSSR count). The lowest BCUT2D eigenvalue weighted by atomic mass is 9.88. The molecule has 0 aliphatic rings. The van der Waals surface area contributed by atoms with E-state index in [2.05, 4.69) is 12.1 Å². The molecule has 5 nitrogen and oxygen atoms in total. The summed E-state index contributed by atoms with van der Waals surface area (Å²) in [5.41, 5.74) is 4.21. The minimum absolute atomic E-state index is 0.197. The first kappa shape index (κ1) is 23.0. The molecule has 0 bridgehead atoms. The van der Waals surface area contributed by atoms with E-state index >= 15 is 0 Å². The maximum Gasteiger partial charge on any atom is 0.510 e. The summed E-state index contributed by atoms with van der Waals surface area (Å²) < 4.78 is 30.7. The molecule has 0 amide bonds. The first-order valence-corrected chi connectivity index (χ1v) is 11.5. The number of aliphatic hydroxyl groups is 1. The predicted octanol–water partition coefficient (Wildman–Crippen LogP) is 5.48. The second kappa shape index (κ2) is 10.6. The Kier molecular flexibility index (Phi) is 7.85. The van der Waals surface area contributed by atoms with Gasteiger partial charge in [0, 0.05) is 0 Å². The monoisotopic (exact) mass is 443 g/mol. The fourth-order valence-electron chi connectivity index (χ4n) is 3.71. The van der Waals surface area contributed by atoms with Crippen molar-refractivity contribution in [3.05, 3.63) is 71.5 Å². The molecular formula is C24H25FO5P+. The van der Waals surface area contributed by atoms with Gasteiger partial charge in [-0.3, -0.25) is 4.79 Å². The molecule has 3 aromatic carbocycles. The lowest BCUT2D eigenvalue weighted by molar-refractivity contribution is -0.138. The number of fused-ring (bicyclic) bond motifs is 1. The summed E-state index contributed by atoms with van der Waals surface area (Å²) in [6.45, 7) is 2.27. The van der Waals surface area contributed by atoms with Gasteiger partial charge in [-0.25, -0.2) is 4.39 Å². The van der Waals surface area contributed by atoms with Crippen LogP contribution in [-0.2, 0) is 20.3 Å². The number of aliphatic carboxylic acids is 1. The molecule has 0 aromatic heterocycles. The Bertz CT molecular complexity index is 1080. The van der Waals surface area contributed by atoms with Crippen molar-refractivity contribution in [1.82, 2.24) is 0 Å². The SMILES string of the molecule is Cc1cc2ccccc2c(-c2ccc(F)cc2)c1CCCO[P+](=O)CC(O)CC(=O)O. The Labute approximate surface area is 181 Å². The van der Waals surface area contributed by atoms with Crippen molar-refractivity contribution in [2.75, 3.05) is 12.8 Å². The van der Waals surface area contributed by atoms with Crippen LogP contribution >= 0.6 is 8.03 Å². The number of rotatable bonds is 10. The van der Waals surface area contributed by atoms with E-state index < -0.39 is 26.5 Å². The number of hydrogen-bond donors (Lipinski definition) is 2. The fourth-order valence-corrected chi connectivity index (χ4v) is 4.62. The number of halogens is 1. The Morgan fingerprint density at radius 3 is 2.58 bits per heavy atom. The molecule has 7 heteroatoms. The molecule has 0 aliphatic carbocycles. The van der Waals surface area contributed by atoms with E-state index in [-0.39, 0.29) is 18.6 Å². The van der Waals surface area contributed by atoms with E-state index in [1.54, 1.807) is 12.1 Å². The van der Waals surface area contributed by atoms with Crippen LogP contribution in [0.3, 0.4) is 0 Å². The maximum absolute atomic E-state index is 13.5. The van der Waals surface area contributed by atoms with Gasteiger partial charge >= 0.3 is 14.0 Å². The van der Waals surface area contributed by atoms with Crippen LogP contribution in [0.1, 0.15) is 24.0 Å². The highest BCUT2D eigenvalue weighted by molar-refractivity contribution is 7.39. The summed E-state index contributed by atoms with van der Waals surface area (Å²) >= 11 is 0. The van der Waals surface area contributed by atoms with Crippen LogP contribution in [-0.4, -0.2) is 35.1 Å². The lowest BCUT2D eigenvalue weighted by Gasteiger charge is -2.16. The Morgan fingerprint density at radius 2 is 1.87 bits per heavy atom. The molecule has 2 unspecified atom stereocenters. The van der Waals surface area contributed by atoms with Crippen LogP contribution in [0, 0.1) is 12.7 Å². The number of aryl methyl sites for hydroxylation is 1. The van der Waals surface area contributed by atoms with Crippen LogP contribution in [0.15, 0.2) is 54.6 Å². The first-order chi connectivity index (χ1) is 14.8. The lowest BCUT2D eigenvalue weighted by Crippen LogP contribution is -2.15. The minimum atomic E-state index is -2.13. The van der Waals surface area contributed by atoms with Gasteiger partial charge < -0.3 is 10.2 Å². The summed E-state index contributed by atoms with van der Waals surface area (Å²) in [5, 5.41) is 20.4. The number of carboxylic acid groups (broad SMARTS) is 1. The molecule has 0 radical (unpaired) electrons. The van der Waals surface area contributed by atoms with Crippen LogP contribution in [0.4, 0.5) is 4.39 Å². The highest BCUT2D eigenvalue weighted by Gasteiger charge is 2.25. The van der Waals surface area contributed by atoms with E-state index in [4.69, 9.17) is 9.63 Å².